The average molecular weight is 457 g/mol. The highest BCUT2D eigenvalue weighted by Crippen LogP contribution is 2.25. The van der Waals surface area contributed by atoms with Crippen molar-refractivity contribution in [3.8, 4) is 0 Å². The predicted octanol–water partition coefficient (Wildman–Crippen LogP) is 3.88. The fraction of sp³-hybridized carbons (Fsp3) is 0.417. The maximum atomic E-state index is 13.2. The van der Waals surface area contributed by atoms with Crippen LogP contribution in [0.5, 0.6) is 0 Å². The second-order valence-corrected chi connectivity index (χ2v) is 11.3. The van der Waals surface area contributed by atoms with Gasteiger partial charge in [0.1, 0.15) is 5.82 Å². The van der Waals surface area contributed by atoms with Crippen molar-refractivity contribution in [2.45, 2.75) is 51.1 Å². The van der Waals surface area contributed by atoms with Crippen LogP contribution >= 0.6 is 0 Å². The van der Waals surface area contributed by atoms with E-state index in [2.05, 4.69) is 25.8 Å². The molecule has 0 atom stereocenters. The number of aromatic nitrogens is 2. The quantitative estimate of drug-likeness (QED) is 0.564. The van der Waals surface area contributed by atoms with Gasteiger partial charge in [0.05, 0.1) is 22.5 Å². The SMILES string of the molecule is CCn1c(CN(C)S(=O)(=O)c2ccc(C(C)(C)C)cc2)nc2cc(C(=O)N(C)C)ccc21. The number of benzene rings is 2. The van der Waals surface area contributed by atoms with Gasteiger partial charge in [-0.05, 0) is 48.2 Å². The zero-order chi connectivity index (χ0) is 23.8. The highest BCUT2D eigenvalue weighted by atomic mass is 32.2. The third kappa shape index (κ3) is 4.56. The summed E-state index contributed by atoms with van der Waals surface area (Å²) in [4.78, 5) is 18.7. The summed E-state index contributed by atoms with van der Waals surface area (Å²) in [5.41, 5.74) is 3.13. The van der Waals surface area contributed by atoms with Crippen LogP contribution in [0.15, 0.2) is 47.4 Å². The summed E-state index contributed by atoms with van der Waals surface area (Å²) in [5, 5.41) is 0. The summed E-state index contributed by atoms with van der Waals surface area (Å²) in [5.74, 6) is 0.534. The lowest BCUT2D eigenvalue weighted by Crippen LogP contribution is -2.28. The average Bonchev–Trinajstić information content (AvgIpc) is 3.08. The van der Waals surface area contributed by atoms with Crippen LogP contribution in [-0.2, 0) is 28.5 Å². The number of hydrogen-bond acceptors (Lipinski definition) is 4. The molecule has 0 unspecified atom stereocenters. The molecule has 172 valence electrons. The van der Waals surface area contributed by atoms with Crippen molar-refractivity contribution in [1.29, 1.82) is 0 Å². The van der Waals surface area contributed by atoms with E-state index in [0.717, 1.165) is 11.1 Å². The van der Waals surface area contributed by atoms with Gasteiger partial charge in [-0.3, -0.25) is 4.79 Å². The highest BCUT2D eigenvalue weighted by molar-refractivity contribution is 7.89. The van der Waals surface area contributed by atoms with Crippen LogP contribution in [0.3, 0.4) is 0 Å². The number of hydrogen-bond donors (Lipinski definition) is 0. The van der Waals surface area contributed by atoms with Crippen LogP contribution in [-0.4, -0.2) is 54.2 Å². The summed E-state index contributed by atoms with van der Waals surface area (Å²) in [6.07, 6.45) is 0. The molecule has 1 aromatic heterocycles. The normalized spacial score (nSPS) is 12.5. The number of sulfonamides is 1. The highest BCUT2D eigenvalue weighted by Gasteiger charge is 2.24. The fourth-order valence-corrected chi connectivity index (χ4v) is 4.76. The maximum absolute atomic E-state index is 13.2. The molecule has 0 saturated carbocycles. The van der Waals surface area contributed by atoms with Crippen molar-refractivity contribution < 1.29 is 13.2 Å². The van der Waals surface area contributed by atoms with Gasteiger partial charge in [-0.1, -0.05) is 32.9 Å². The van der Waals surface area contributed by atoms with E-state index in [-0.39, 0.29) is 22.8 Å². The van der Waals surface area contributed by atoms with Crippen molar-refractivity contribution in [3.05, 3.63) is 59.4 Å². The maximum Gasteiger partial charge on any atom is 0.253 e. The molecule has 0 radical (unpaired) electrons. The summed E-state index contributed by atoms with van der Waals surface area (Å²) < 4.78 is 29.6. The lowest BCUT2D eigenvalue weighted by atomic mass is 9.87. The molecule has 0 aliphatic rings. The van der Waals surface area contributed by atoms with Gasteiger partial charge >= 0.3 is 0 Å². The van der Waals surface area contributed by atoms with Gasteiger partial charge < -0.3 is 9.47 Å². The minimum absolute atomic E-state index is 0.0486. The van der Waals surface area contributed by atoms with Gasteiger partial charge in [-0.15, -0.1) is 0 Å². The van der Waals surface area contributed by atoms with E-state index in [1.165, 1.54) is 9.21 Å². The Morgan fingerprint density at radius 3 is 2.19 bits per heavy atom. The number of carbonyl (C=O) groups is 1. The first-order valence-corrected chi connectivity index (χ1v) is 12.1. The van der Waals surface area contributed by atoms with Crippen LogP contribution in [0.2, 0.25) is 0 Å². The predicted molar refractivity (Wildman–Crippen MR) is 127 cm³/mol. The van der Waals surface area contributed by atoms with E-state index in [4.69, 9.17) is 0 Å². The van der Waals surface area contributed by atoms with Crippen molar-refractivity contribution in [3.63, 3.8) is 0 Å². The summed E-state index contributed by atoms with van der Waals surface area (Å²) in [7, 11) is 1.30. The second-order valence-electron chi connectivity index (χ2n) is 9.21. The van der Waals surface area contributed by atoms with Crippen molar-refractivity contribution in [2.75, 3.05) is 21.1 Å². The number of fused-ring (bicyclic) bond motifs is 1. The number of aryl methyl sites for hydroxylation is 1. The Morgan fingerprint density at radius 2 is 1.66 bits per heavy atom. The molecule has 8 heteroatoms. The zero-order valence-electron chi connectivity index (χ0n) is 19.9. The number of imidazole rings is 1. The van der Waals surface area contributed by atoms with Crippen LogP contribution in [0.25, 0.3) is 11.0 Å². The van der Waals surface area contributed by atoms with Crippen molar-refractivity contribution in [2.24, 2.45) is 0 Å². The van der Waals surface area contributed by atoms with Gasteiger partial charge in [0.2, 0.25) is 10.0 Å². The van der Waals surface area contributed by atoms with Crippen molar-refractivity contribution >= 4 is 27.0 Å². The van der Waals surface area contributed by atoms with Gasteiger partial charge in [-0.2, -0.15) is 4.31 Å². The molecule has 32 heavy (non-hydrogen) atoms. The Bertz CT molecular complexity index is 1240. The summed E-state index contributed by atoms with van der Waals surface area (Å²) in [6, 6.07) is 12.5. The van der Waals surface area contributed by atoms with E-state index < -0.39 is 10.0 Å². The third-order valence-electron chi connectivity index (χ3n) is 5.59. The van der Waals surface area contributed by atoms with E-state index in [1.54, 1.807) is 45.4 Å². The smallest absolute Gasteiger partial charge is 0.253 e. The Kier molecular flexibility index (Phi) is 6.49. The number of rotatable bonds is 6. The minimum Gasteiger partial charge on any atom is -0.345 e. The molecule has 0 aliphatic carbocycles. The zero-order valence-corrected chi connectivity index (χ0v) is 20.7. The monoisotopic (exact) mass is 456 g/mol. The summed E-state index contributed by atoms with van der Waals surface area (Å²) >= 11 is 0. The van der Waals surface area contributed by atoms with E-state index in [1.807, 2.05) is 29.7 Å². The molecule has 0 aliphatic heterocycles. The second kappa shape index (κ2) is 8.67. The Hall–Kier alpha value is -2.71. The largest absolute Gasteiger partial charge is 0.345 e. The van der Waals surface area contributed by atoms with E-state index in [9.17, 15) is 13.2 Å². The molecule has 2 aromatic carbocycles. The van der Waals surface area contributed by atoms with Crippen molar-refractivity contribution in [1.82, 2.24) is 18.8 Å². The molecule has 0 bridgehead atoms. The molecule has 0 N–H and O–H groups in total. The van der Waals surface area contributed by atoms with Gasteiger partial charge in [-0.25, -0.2) is 13.4 Å². The standard InChI is InChI=1S/C24H32N4O3S/c1-8-28-21-14-9-17(23(29)26(5)6)15-20(21)25-22(28)16-27(7)32(30,31)19-12-10-18(11-13-19)24(2,3)4/h9-15H,8,16H2,1-7H3. The number of carbonyl (C=O) groups excluding carboxylic acids is 1. The first kappa shape index (κ1) is 23.9. The Balaban J connectivity index is 1.93. The molecule has 0 saturated heterocycles. The van der Waals surface area contributed by atoms with E-state index >= 15 is 0 Å². The topological polar surface area (TPSA) is 75.5 Å². The van der Waals surface area contributed by atoms with Crippen LogP contribution in [0.4, 0.5) is 0 Å². The summed E-state index contributed by atoms with van der Waals surface area (Å²) in [6.45, 7) is 9.03. The molecule has 3 rings (SSSR count). The van der Waals surface area contributed by atoms with Gasteiger partial charge in [0.15, 0.2) is 0 Å². The van der Waals surface area contributed by atoms with Crippen LogP contribution < -0.4 is 0 Å². The minimum atomic E-state index is -3.68. The molecule has 0 spiro atoms. The molecule has 0 fully saturated rings. The Morgan fingerprint density at radius 1 is 1.03 bits per heavy atom. The lowest BCUT2D eigenvalue weighted by molar-refractivity contribution is 0.0827. The molecular formula is C24H32N4O3S. The molecule has 1 heterocycles. The molecule has 1 amide bonds. The van der Waals surface area contributed by atoms with Crippen LogP contribution in [0, 0.1) is 0 Å². The first-order valence-electron chi connectivity index (χ1n) is 10.6. The van der Waals surface area contributed by atoms with E-state index in [0.29, 0.717) is 23.4 Å². The third-order valence-corrected chi connectivity index (χ3v) is 7.41. The molecule has 3 aromatic rings. The fourth-order valence-electron chi connectivity index (χ4n) is 3.64. The number of nitrogens with zero attached hydrogens (tertiary/aromatic N) is 4. The van der Waals surface area contributed by atoms with Gasteiger partial charge in [0.25, 0.3) is 5.91 Å². The molecular weight excluding hydrogens is 424 g/mol. The Labute approximate surface area is 190 Å². The first-order chi connectivity index (χ1) is 14.9. The molecule has 7 nitrogen and oxygen atoms in total. The van der Waals surface area contributed by atoms with Gasteiger partial charge in [0, 0.05) is 33.3 Å². The number of amides is 1. The van der Waals surface area contributed by atoms with Crippen LogP contribution in [0.1, 0.15) is 49.4 Å². The lowest BCUT2D eigenvalue weighted by Gasteiger charge is -2.21.